The molecule has 0 spiro atoms. The number of thiophene rings is 1. The van der Waals surface area contributed by atoms with E-state index in [-0.39, 0.29) is 0 Å². The van der Waals surface area contributed by atoms with Crippen LogP contribution in [0, 0.1) is 0 Å². The van der Waals surface area contributed by atoms with Crippen molar-refractivity contribution in [2.75, 3.05) is 4.90 Å². The summed E-state index contributed by atoms with van der Waals surface area (Å²) in [4.78, 5) is 11.8. The zero-order valence-electron chi connectivity index (χ0n) is 22.2. The third-order valence-electron chi connectivity index (χ3n) is 7.56. The first-order chi connectivity index (χ1) is 20.2. The molecule has 41 heavy (non-hydrogen) atoms. The van der Waals surface area contributed by atoms with Crippen LogP contribution >= 0.6 is 11.3 Å². The molecule has 4 heterocycles. The number of hydrogen-bond donors (Lipinski definition) is 0. The van der Waals surface area contributed by atoms with Gasteiger partial charge < -0.3 is 8.98 Å². The highest BCUT2D eigenvalue weighted by Gasteiger charge is 2.21. The molecule has 6 heteroatoms. The molecule has 8 aromatic rings. The van der Waals surface area contributed by atoms with Crippen LogP contribution in [0.2, 0.25) is 0 Å². The van der Waals surface area contributed by atoms with Crippen LogP contribution in [0.3, 0.4) is 0 Å². The van der Waals surface area contributed by atoms with E-state index in [0.29, 0.717) is 0 Å². The average molecular weight is 549 g/mol. The summed E-state index contributed by atoms with van der Waals surface area (Å²) in [5, 5.41) is 3.21. The predicted molar refractivity (Wildman–Crippen MR) is 169 cm³/mol. The second-order valence-corrected chi connectivity index (χ2v) is 10.9. The van der Waals surface area contributed by atoms with Gasteiger partial charge in [-0.15, -0.1) is 11.3 Å². The summed E-state index contributed by atoms with van der Waals surface area (Å²) in [7, 11) is 2.06. The number of para-hydroxylation sites is 3. The van der Waals surface area contributed by atoms with Gasteiger partial charge in [-0.1, -0.05) is 54.6 Å². The summed E-state index contributed by atoms with van der Waals surface area (Å²) in [5.74, 6) is 1.65. The van der Waals surface area contributed by atoms with Gasteiger partial charge in [-0.2, -0.15) is 0 Å². The highest BCUT2D eigenvalue weighted by Crippen LogP contribution is 2.42. The van der Waals surface area contributed by atoms with Gasteiger partial charge in [-0.3, -0.25) is 9.88 Å². The second-order valence-electron chi connectivity index (χ2n) is 10.0. The quantitative estimate of drug-likeness (QED) is 0.215. The number of rotatable bonds is 5. The number of imidazole rings is 1. The molecule has 0 unspecified atom stereocenters. The van der Waals surface area contributed by atoms with Crippen LogP contribution in [0.5, 0.6) is 0 Å². The van der Waals surface area contributed by atoms with Gasteiger partial charge in [0.2, 0.25) is 5.88 Å². The van der Waals surface area contributed by atoms with Crippen LogP contribution in [-0.2, 0) is 7.05 Å². The van der Waals surface area contributed by atoms with E-state index in [0.717, 1.165) is 67.3 Å². The lowest BCUT2D eigenvalue weighted by atomic mass is 10.1. The van der Waals surface area contributed by atoms with Gasteiger partial charge in [0.25, 0.3) is 0 Å². The normalized spacial score (nSPS) is 11.5. The number of fused-ring (bicyclic) bond motifs is 3. The van der Waals surface area contributed by atoms with Gasteiger partial charge in [0.1, 0.15) is 11.4 Å². The van der Waals surface area contributed by atoms with E-state index >= 15 is 0 Å². The lowest BCUT2D eigenvalue weighted by molar-refractivity contribution is 0.621. The minimum atomic E-state index is 0.739. The Hall–Kier alpha value is -5.20. The number of nitrogens with zero attached hydrogens (tertiary/aromatic N) is 4. The van der Waals surface area contributed by atoms with Gasteiger partial charge in [0.15, 0.2) is 0 Å². The summed E-state index contributed by atoms with van der Waals surface area (Å²) in [5.41, 5.74) is 9.22. The Morgan fingerprint density at radius 2 is 1.59 bits per heavy atom. The monoisotopic (exact) mass is 548 g/mol. The molecule has 4 aromatic carbocycles. The molecule has 0 aliphatic rings. The van der Waals surface area contributed by atoms with Gasteiger partial charge in [-0.05, 0) is 60.2 Å². The number of benzene rings is 4. The first-order valence-electron chi connectivity index (χ1n) is 13.5. The Balaban J connectivity index is 1.30. The van der Waals surface area contributed by atoms with Crippen molar-refractivity contribution in [3.05, 3.63) is 127 Å². The molecule has 0 amide bonds. The van der Waals surface area contributed by atoms with Gasteiger partial charge in [-0.25, -0.2) is 4.98 Å². The van der Waals surface area contributed by atoms with Gasteiger partial charge >= 0.3 is 0 Å². The summed E-state index contributed by atoms with van der Waals surface area (Å²) >= 11 is 1.72. The topological polar surface area (TPSA) is 47.1 Å². The van der Waals surface area contributed by atoms with E-state index in [9.17, 15) is 0 Å². The maximum Gasteiger partial charge on any atom is 0.205 e. The van der Waals surface area contributed by atoms with E-state index < -0.39 is 0 Å². The number of furan rings is 1. The van der Waals surface area contributed by atoms with Crippen molar-refractivity contribution in [2.24, 2.45) is 7.05 Å². The Morgan fingerprint density at radius 3 is 2.49 bits per heavy atom. The standard InChI is InChI=1S/C35H24N4OS/c1-38-30-16-6-5-15-29(30)37-35(38)26-14-8-17-31-27(26)21-33(40-31)39(24-11-3-2-4-12-24)25-13-7-10-23(20-25)28-22-41-32-18-9-19-36-34(28)32/h2-22H,1H3. The summed E-state index contributed by atoms with van der Waals surface area (Å²) in [6.45, 7) is 0. The fourth-order valence-electron chi connectivity index (χ4n) is 5.60. The smallest absolute Gasteiger partial charge is 0.205 e. The molecule has 0 aliphatic carbocycles. The molecule has 0 atom stereocenters. The predicted octanol–water partition coefficient (Wildman–Crippen LogP) is 9.73. The Bertz CT molecular complexity index is 2190. The molecule has 196 valence electrons. The van der Waals surface area contributed by atoms with Crippen molar-refractivity contribution in [1.29, 1.82) is 0 Å². The van der Waals surface area contributed by atoms with Crippen molar-refractivity contribution in [2.45, 2.75) is 0 Å². The molecule has 0 aliphatic heterocycles. The largest absolute Gasteiger partial charge is 0.440 e. The fourth-order valence-corrected chi connectivity index (χ4v) is 6.53. The van der Waals surface area contributed by atoms with Gasteiger partial charge in [0, 0.05) is 52.6 Å². The van der Waals surface area contributed by atoms with E-state index in [1.807, 2.05) is 42.6 Å². The molecular weight excluding hydrogens is 524 g/mol. The fraction of sp³-hybridized carbons (Fsp3) is 0.0286. The number of aromatic nitrogens is 3. The van der Waals surface area contributed by atoms with Crippen molar-refractivity contribution < 1.29 is 4.42 Å². The van der Waals surface area contributed by atoms with Crippen LogP contribution < -0.4 is 4.90 Å². The maximum absolute atomic E-state index is 6.59. The second kappa shape index (κ2) is 9.47. The Kier molecular flexibility index (Phi) is 5.47. The van der Waals surface area contributed by atoms with Crippen LogP contribution in [0.4, 0.5) is 17.3 Å². The van der Waals surface area contributed by atoms with Crippen LogP contribution in [0.1, 0.15) is 0 Å². The first kappa shape index (κ1) is 23.7. The molecule has 0 bridgehead atoms. The number of aryl methyl sites for hydroxylation is 1. The Morgan fingerprint density at radius 1 is 0.756 bits per heavy atom. The van der Waals surface area contributed by atoms with Crippen LogP contribution in [-0.4, -0.2) is 14.5 Å². The molecule has 8 rings (SSSR count). The zero-order valence-corrected chi connectivity index (χ0v) is 23.0. The average Bonchev–Trinajstić information content (AvgIpc) is 3.73. The van der Waals surface area contributed by atoms with Crippen molar-refractivity contribution >= 4 is 60.8 Å². The van der Waals surface area contributed by atoms with Gasteiger partial charge in [0.05, 0.1) is 21.3 Å². The Labute approximate surface area is 240 Å². The van der Waals surface area contributed by atoms with E-state index in [1.165, 1.54) is 4.70 Å². The van der Waals surface area contributed by atoms with Crippen molar-refractivity contribution in [3.63, 3.8) is 0 Å². The molecule has 4 aromatic heterocycles. The SMILES string of the molecule is Cn1c(-c2cccc3oc(N(c4ccccc4)c4cccc(-c5csc6cccnc56)c4)cc23)nc2ccccc21. The third kappa shape index (κ3) is 3.91. The zero-order chi connectivity index (χ0) is 27.3. The van der Waals surface area contributed by atoms with E-state index in [2.05, 4.69) is 106 Å². The minimum absolute atomic E-state index is 0.739. The highest BCUT2D eigenvalue weighted by atomic mass is 32.1. The summed E-state index contributed by atoms with van der Waals surface area (Å²) < 4.78 is 9.92. The van der Waals surface area contributed by atoms with E-state index in [4.69, 9.17) is 9.40 Å². The highest BCUT2D eigenvalue weighted by molar-refractivity contribution is 7.17. The molecular formula is C35H24N4OS. The minimum Gasteiger partial charge on any atom is -0.440 e. The molecule has 0 saturated carbocycles. The number of anilines is 3. The lowest BCUT2D eigenvalue weighted by Crippen LogP contribution is -2.08. The van der Waals surface area contributed by atoms with Crippen LogP contribution in [0.25, 0.3) is 54.7 Å². The molecule has 0 fully saturated rings. The molecule has 0 radical (unpaired) electrons. The number of pyridine rings is 1. The third-order valence-corrected chi connectivity index (χ3v) is 8.49. The summed E-state index contributed by atoms with van der Waals surface area (Å²) in [6, 6.07) is 39.5. The van der Waals surface area contributed by atoms with Crippen molar-refractivity contribution in [3.8, 4) is 22.5 Å². The van der Waals surface area contributed by atoms with Crippen LogP contribution in [0.15, 0.2) is 131 Å². The molecule has 0 N–H and O–H groups in total. The lowest BCUT2D eigenvalue weighted by Gasteiger charge is -2.23. The summed E-state index contributed by atoms with van der Waals surface area (Å²) in [6.07, 6.45) is 1.86. The van der Waals surface area contributed by atoms with Crippen molar-refractivity contribution in [1.82, 2.24) is 14.5 Å². The molecule has 0 saturated heterocycles. The first-order valence-corrected chi connectivity index (χ1v) is 14.3. The maximum atomic E-state index is 6.59. The molecule has 5 nitrogen and oxygen atoms in total. The van der Waals surface area contributed by atoms with E-state index in [1.54, 1.807) is 11.3 Å². The number of hydrogen-bond acceptors (Lipinski definition) is 5.